The second-order valence-corrected chi connectivity index (χ2v) is 5.95. The molecule has 2 aromatic rings. The molecule has 0 atom stereocenters. The molecule has 0 amide bonds. The van der Waals surface area contributed by atoms with Gasteiger partial charge in [0, 0.05) is 36.8 Å². The van der Waals surface area contributed by atoms with Gasteiger partial charge in [-0.3, -0.25) is 0 Å². The SMILES string of the molecule is COc1cccc(CNCCNCCO)c1OCc1ccc(Cl)cc1.Cl.Cl. The van der Waals surface area contributed by atoms with Crippen LogP contribution in [0.25, 0.3) is 0 Å². The molecule has 0 radical (unpaired) electrons. The van der Waals surface area contributed by atoms with Crippen molar-refractivity contribution in [3.63, 3.8) is 0 Å². The average Bonchev–Trinajstić information content (AvgIpc) is 2.64. The number of halogens is 3. The van der Waals surface area contributed by atoms with Gasteiger partial charge in [0.05, 0.1) is 13.7 Å². The molecule has 0 heterocycles. The summed E-state index contributed by atoms with van der Waals surface area (Å²) in [7, 11) is 1.64. The van der Waals surface area contributed by atoms with Gasteiger partial charge >= 0.3 is 0 Å². The van der Waals surface area contributed by atoms with Crippen molar-refractivity contribution in [3.8, 4) is 11.5 Å². The van der Waals surface area contributed by atoms with Crippen molar-refractivity contribution in [1.29, 1.82) is 0 Å². The summed E-state index contributed by atoms with van der Waals surface area (Å²) in [5.41, 5.74) is 2.08. The van der Waals surface area contributed by atoms with Crippen molar-refractivity contribution in [3.05, 3.63) is 58.6 Å². The molecule has 0 aliphatic heterocycles. The van der Waals surface area contributed by atoms with Crippen molar-refractivity contribution in [1.82, 2.24) is 10.6 Å². The van der Waals surface area contributed by atoms with E-state index in [0.29, 0.717) is 30.5 Å². The van der Waals surface area contributed by atoms with Gasteiger partial charge in [-0.05, 0) is 23.8 Å². The van der Waals surface area contributed by atoms with E-state index in [0.717, 1.165) is 30.0 Å². The first-order valence-electron chi connectivity index (χ1n) is 8.30. The number of methoxy groups -OCH3 is 1. The number of benzene rings is 2. The third-order valence-corrected chi connectivity index (χ3v) is 3.91. The van der Waals surface area contributed by atoms with Crippen LogP contribution in [0, 0.1) is 0 Å². The van der Waals surface area contributed by atoms with E-state index in [1.807, 2.05) is 42.5 Å². The molecule has 5 nitrogen and oxygen atoms in total. The smallest absolute Gasteiger partial charge is 0.166 e. The van der Waals surface area contributed by atoms with E-state index in [2.05, 4.69) is 10.6 Å². The standard InChI is InChI=1S/C19H25ClN2O3.2ClH/c1-24-18-4-2-3-16(13-22-10-9-21-11-12-23)19(18)25-14-15-5-7-17(20)8-6-15;;/h2-8,21-23H,9-14H2,1H3;2*1H. The molecule has 152 valence electrons. The van der Waals surface area contributed by atoms with E-state index in [9.17, 15) is 0 Å². The van der Waals surface area contributed by atoms with Crippen LogP contribution < -0.4 is 20.1 Å². The third kappa shape index (κ3) is 9.02. The largest absolute Gasteiger partial charge is 0.493 e. The van der Waals surface area contributed by atoms with E-state index in [1.54, 1.807) is 7.11 Å². The monoisotopic (exact) mass is 436 g/mol. The second kappa shape index (κ2) is 14.8. The lowest BCUT2D eigenvalue weighted by molar-refractivity contribution is 0.280. The molecule has 0 saturated carbocycles. The first-order chi connectivity index (χ1) is 12.2. The number of aliphatic hydroxyl groups excluding tert-OH is 1. The van der Waals surface area contributed by atoms with Crippen LogP contribution in [0.2, 0.25) is 5.02 Å². The van der Waals surface area contributed by atoms with Gasteiger partial charge in [-0.15, -0.1) is 24.8 Å². The van der Waals surface area contributed by atoms with Crippen LogP contribution in [0.1, 0.15) is 11.1 Å². The van der Waals surface area contributed by atoms with E-state index in [1.165, 1.54) is 0 Å². The molecule has 0 aliphatic rings. The molecule has 3 N–H and O–H groups in total. The molecule has 2 rings (SSSR count). The molecule has 0 bridgehead atoms. The molecule has 0 spiro atoms. The van der Waals surface area contributed by atoms with Gasteiger partial charge < -0.3 is 25.2 Å². The minimum atomic E-state index is 0. The highest BCUT2D eigenvalue weighted by atomic mass is 35.5. The molecule has 0 unspecified atom stereocenters. The predicted octanol–water partition coefficient (Wildman–Crippen LogP) is 3.44. The van der Waals surface area contributed by atoms with E-state index >= 15 is 0 Å². The van der Waals surface area contributed by atoms with Gasteiger partial charge in [-0.2, -0.15) is 0 Å². The van der Waals surface area contributed by atoms with Gasteiger partial charge in [0.15, 0.2) is 11.5 Å². The van der Waals surface area contributed by atoms with Crippen molar-refractivity contribution in [2.24, 2.45) is 0 Å². The number of nitrogens with one attached hydrogen (secondary N) is 2. The lowest BCUT2D eigenvalue weighted by Crippen LogP contribution is -2.28. The highest BCUT2D eigenvalue weighted by molar-refractivity contribution is 6.30. The summed E-state index contributed by atoms with van der Waals surface area (Å²) >= 11 is 5.92. The van der Waals surface area contributed by atoms with Gasteiger partial charge in [-0.1, -0.05) is 35.9 Å². The summed E-state index contributed by atoms with van der Waals surface area (Å²) in [6.07, 6.45) is 0. The second-order valence-electron chi connectivity index (χ2n) is 5.51. The van der Waals surface area contributed by atoms with Crippen molar-refractivity contribution < 1.29 is 14.6 Å². The fourth-order valence-electron chi connectivity index (χ4n) is 2.37. The Morgan fingerprint density at radius 3 is 2.33 bits per heavy atom. The molecule has 0 aliphatic carbocycles. The predicted molar refractivity (Wildman–Crippen MR) is 115 cm³/mol. The Labute approximate surface area is 178 Å². The van der Waals surface area contributed by atoms with Gasteiger partial charge in [0.1, 0.15) is 6.61 Å². The summed E-state index contributed by atoms with van der Waals surface area (Å²) in [6, 6.07) is 13.5. The summed E-state index contributed by atoms with van der Waals surface area (Å²) < 4.78 is 11.5. The lowest BCUT2D eigenvalue weighted by atomic mass is 10.1. The van der Waals surface area contributed by atoms with Crippen molar-refractivity contribution in [2.75, 3.05) is 33.4 Å². The first kappa shape index (κ1) is 25.8. The molecule has 0 saturated heterocycles. The molecule has 8 heteroatoms. The zero-order valence-electron chi connectivity index (χ0n) is 15.2. The zero-order valence-corrected chi connectivity index (χ0v) is 17.6. The Hall–Kier alpha value is -1.21. The first-order valence-corrected chi connectivity index (χ1v) is 8.68. The Bertz CT molecular complexity index is 643. The van der Waals surface area contributed by atoms with E-state index in [4.69, 9.17) is 26.2 Å². The third-order valence-electron chi connectivity index (χ3n) is 3.66. The Morgan fingerprint density at radius 1 is 0.963 bits per heavy atom. The molecular weight excluding hydrogens is 411 g/mol. The van der Waals surface area contributed by atoms with Crippen LogP contribution in [-0.2, 0) is 13.2 Å². The van der Waals surface area contributed by atoms with Gasteiger partial charge in [0.25, 0.3) is 0 Å². The maximum Gasteiger partial charge on any atom is 0.166 e. The van der Waals surface area contributed by atoms with Gasteiger partial charge in [0.2, 0.25) is 0 Å². The summed E-state index contributed by atoms with van der Waals surface area (Å²) in [4.78, 5) is 0. The quantitative estimate of drug-likeness (QED) is 0.470. The molecule has 0 aromatic heterocycles. The Morgan fingerprint density at radius 2 is 1.67 bits per heavy atom. The number of rotatable bonds is 11. The maximum absolute atomic E-state index is 8.74. The number of para-hydroxylation sites is 1. The number of hydrogen-bond acceptors (Lipinski definition) is 5. The van der Waals surface area contributed by atoms with Crippen LogP contribution >= 0.6 is 36.4 Å². The molecule has 0 fully saturated rings. The topological polar surface area (TPSA) is 62.8 Å². The van der Waals surface area contributed by atoms with Crippen LogP contribution in [0.15, 0.2) is 42.5 Å². The van der Waals surface area contributed by atoms with Crippen LogP contribution in [-0.4, -0.2) is 38.5 Å². The maximum atomic E-state index is 8.74. The normalized spacial score (nSPS) is 9.89. The minimum Gasteiger partial charge on any atom is -0.493 e. The number of aliphatic hydroxyl groups is 1. The molecular formula is C19H27Cl3N2O3. The zero-order chi connectivity index (χ0) is 17.9. The molecule has 27 heavy (non-hydrogen) atoms. The highest BCUT2D eigenvalue weighted by Gasteiger charge is 2.10. The lowest BCUT2D eigenvalue weighted by Gasteiger charge is -2.16. The number of ether oxygens (including phenoxy) is 2. The Balaban J connectivity index is 0.00000338. The summed E-state index contributed by atoms with van der Waals surface area (Å²) in [5.74, 6) is 1.46. The fourth-order valence-corrected chi connectivity index (χ4v) is 2.49. The van der Waals surface area contributed by atoms with Crippen LogP contribution in [0.4, 0.5) is 0 Å². The van der Waals surface area contributed by atoms with E-state index < -0.39 is 0 Å². The minimum absolute atomic E-state index is 0. The van der Waals surface area contributed by atoms with Gasteiger partial charge in [-0.25, -0.2) is 0 Å². The summed E-state index contributed by atoms with van der Waals surface area (Å²) in [5, 5.41) is 15.9. The average molecular weight is 438 g/mol. The number of hydrogen-bond donors (Lipinski definition) is 3. The fraction of sp³-hybridized carbons (Fsp3) is 0.368. The van der Waals surface area contributed by atoms with Crippen molar-refractivity contribution >= 4 is 36.4 Å². The van der Waals surface area contributed by atoms with Crippen LogP contribution in [0.3, 0.4) is 0 Å². The van der Waals surface area contributed by atoms with E-state index in [-0.39, 0.29) is 31.4 Å². The van der Waals surface area contributed by atoms with Crippen LogP contribution in [0.5, 0.6) is 11.5 Å². The summed E-state index contributed by atoms with van der Waals surface area (Å²) in [6.45, 7) is 3.48. The Kier molecular flexibility index (Phi) is 14.1. The highest BCUT2D eigenvalue weighted by Crippen LogP contribution is 2.31. The molecule has 2 aromatic carbocycles. The van der Waals surface area contributed by atoms with Crippen molar-refractivity contribution in [2.45, 2.75) is 13.2 Å².